The molecule has 2 aliphatic carbocycles. The third kappa shape index (κ3) is 4.61. The number of aryl methyl sites for hydroxylation is 1. The van der Waals surface area contributed by atoms with Gasteiger partial charge in [-0.05, 0) is 83.2 Å². The van der Waals surface area contributed by atoms with Crippen LogP contribution < -0.4 is 5.32 Å². The smallest absolute Gasteiger partial charge is 0.321 e. The molecule has 0 atom stereocenters. The summed E-state index contributed by atoms with van der Waals surface area (Å²) in [4.78, 5) is 37.1. The van der Waals surface area contributed by atoms with E-state index < -0.39 is 0 Å². The minimum absolute atomic E-state index is 0.0261. The van der Waals surface area contributed by atoms with Crippen LogP contribution in [-0.2, 0) is 10.3 Å². The minimum atomic E-state index is -0.200. The van der Waals surface area contributed by atoms with Gasteiger partial charge in [-0.3, -0.25) is 14.7 Å². The van der Waals surface area contributed by atoms with Gasteiger partial charge in [-0.2, -0.15) is 0 Å². The zero-order chi connectivity index (χ0) is 25.3. The van der Waals surface area contributed by atoms with E-state index in [0.29, 0.717) is 12.5 Å². The second-order valence-corrected chi connectivity index (χ2v) is 11.3. The highest BCUT2D eigenvalue weighted by Gasteiger charge is 2.55. The van der Waals surface area contributed by atoms with Crippen molar-refractivity contribution in [2.75, 3.05) is 39.0 Å². The van der Waals surface area contributed by atoms with Crippen molar-refractivity contribution in [3.8, 4) is 0 Å². The zero-order valence-corrected chi connectivity index (χ0v) is 21.9. The number of rotatable bonds is 7. The number of nitrogens with zero attached hydrogens (tertiary/aromatic N) is 4. The molecule has 3 fully saturated rings. The van der Waals surface area contributed by atoms with Gasteiger partial charge in [0.05, 0.1) is 5.54 Å². The molecule has 3 amide bonds. The Hall–Kier alpha value is -2.93. The average molecular weight is 490 g/mol. The molecule has 0 radical (unpaired) electrons. The molecule has 36 heavy (non-hydrogen) atoms. The van der Waals surface area contributed by atoms with Crippen LogP contribution in [0.1, 0.15) is 56.2 Å². The first-order chi connectivity index (χ1) is 17.3. The fraction of sp³-hybridized carbons (Fsp3) is 0.552. The van der Waals surface area contributed by atoms with Gasteiger partial charge in [-0.15, -0.1) is 0 Å². The third-order valence-corrected chi connectivity index (χ3v) is 8.91. The van der Waals surface area contributed by atoms with Crippen LogP contribution in [0.3, 0.4) is 0 Å². The molecule has 1 aliphatic heterocycles. The molecule has 1 N–H and O–H groups in total. The van der Waals surface area contributed by atoms with Crippen LogP contribution in [0.25, 0.3) is 0 Å². The quantitative estimate of drug-likeness (QED) is 0.615. The van der Waals surface area contributed by atoms with E-state index in [1.165, 1.54) is 24.8 Å². The standard InChI is InChI=1S/C29H39N5O2/c1-22-18-25(12-17-30-22)31-26(35)20-33-21-28(34(27(33)36)19-23-8-7-9-23)13-15-29(16-14-28,32(2)3)24-10-5-4-6-11-24/h4-6,10-12,17-18,23H,7-9,13-16,19-21H2,1-3H3,(H,30,31,35)/t28-,29+. The predicted molar refractivity (Wildman–Crippen MR) is 142 cm³/mol. The first-order valence-corrected chi connectivity index (χ1v) is 13.3. The maximum Gasteiger partial charge on any atom is 0.321 e. The Morgan fingerprint density at radius 3 is 2.44 bits per heavy atom. The van der Waals surface area contributed by atoms with Crippen molar-refractivity contribution >= 4 is 17.6 Å². The molecule has 1 saturated heterocycles. The van der Waals surface area contributed by atoms with Gasteiger partial charge in [0, 0.05) is 36.2 Å². The number of aromatic nitrogens is 1. The van der Waals surface area contributed by atoms with E-state index in [4.69, 9.17) is 0 Å². The van der Waals surface area contributed by atoms with Crippen LogP contribution in [0.4, 0.5) is 10.5 Å². The van der Waals surface area contributed by atoms with Crippen molar-refractivity contribution in [2.24, 2.45) is 5.92 Å². The summed E-state index contributed by atoms with van der Waals surface area (Å²) in [6, 6.07) is 14.5. The molecule has 0 bridgehead atoms. The van der Waals surface area contributed by atoms with E-state index in [1.54, 1.807) is 17.2 Å². The van der Waals surface area contributed by atoms with Gasteiger partial charge in [0.15, 0.2) is 0 Å². The molecule has 2 saturated carbocycles. The molecule has 1 aromatic heterocycles. The number of benzene rings is 1. The topological polar surface area (TPSA) is 68.8 Å². The monoisotopic (exact) mass is 489 g/mol. The van der Waals surface area contributed by atoms with Crippen molar-refractivity contribution in [1.29, 1.82) is 0 Å². The summed E-state index contributed by atoms with van der Waals surface area (Å²) in [5.41, 5.74) is 2.69. The second kappa shape index (κ2) is 9.85. The number of urea groups is 1. The Bertz CT molecular complexity index is 1090. The number of carbonyl (C=O) groups excluding carboxylic acids is 2. The van der Waals surface area contributed by atoms with E-state index in [1.807, 2.05) is 13.0 Å². The van der Waals surface area contributed by atoms with E-state index in [0.717, 1.165) is 43.6 Å². The van der Waals surface area contributed by atoms with Crippen molar-refractivity contribution in [2.45, 2.75) is 62.9 Å². The van der Waals surface area contributed by atoms with Crippen LogP contribution in [0.15, 0.2) is 48.7 Å². The number of carbonyl (C=O) groups is 2. The van der Waals surface area contributed by atoms with Crippen LogP contribution >= 0.6 is 0 Å². The number of hydrogen-bond acceptors (Lipinski definition) is 4. The highest BCUT2D eigenvalue weighted by Crippen LogP contribution is 2.49. The average Bonchev–Trinajstić information content (AvgIpc) is 3.07. The highest BCUT2D eigenvalue weighted by molar-refractivity contribution is 5.94. The van der Waals surface area contributed by atoms with E-state index in [-0.39, 0.29) is 29.6 Å². The number of pyridine rings is 1. The fourth-order valence-corrected chi connectivity index (χ4v) is 6.51. The Morgan fingerprint density at radius 1 is 1.11 bits per heavy atom. The number of amides is 3. The van der Waals surface area contributed by atoms with Crippen molar-refractivity contribution in [3.63, 3.8) is 0 Å². The van der Waals surface area contributed by atoms with Crippen molar-refractivity contribution in [1.82, 2.24) is 19.7 Å². The minimum Gasteiger partial charge on any atom is -0.324 e. The number of anilines is 1. The lowest BCUT2D eigenvalue weighted by molar-refractivity contribution is -0.116. The molecule has 0 unspecified atom stereocenters. The molecular formula is C29H39N5O2. The Morgan fingerprint density at radius 2 is 1.83 bits per heavy atom. The van der Waals surface area contributed by atoms with Crippen LogP contribution in [-0.4, -0.2) is 70.9 Å². The fourth-order valence-electron chi connectivity index (χ4n) is 6.51. The first-order valence-electron chi connectivity index (χ1n) is 13.3. The SMILES string of the molecule is Cc1cc(NC(=O)CN2C[C@]3(CC[C@](c4ccccc4)(N(C)C)CC3)N(CC3CCC3)C2=O)ccn1. The van der Waals surface area contributed by atoms with Crippen LogP contribution in [0, 0.1) is 12.8 Å². The summed E-state index contributed by atoms with van der Waals surface area (Å²) in [6.45, 7) is 3.43. The molecule has 5 rings (SSSR count). The Labute approximate surface area is 214 Å². The number of nitrogens with one attached hydrogen (secondary N) is 1. The molecule has 2 aromatic rings. The number of hydrogen-bond donors (Lipinski definition) is 1. The maximum absolute atomic E-state index is 13.7. The van der Waals surface area contributed by atoms with Gasteiger partial charge < -0.3 is 15.1 Å². The summed E-state index contributed by atoms with van der Waals surface area (Å²) in [5.74, 6) is 0.436. The summed E-state index contributed by atoms with van der Waals surface area (Å²) >= 11 is 0. The van der Waals surface area contributed by atoms with Crippen molar-refractivity contribution < 1.29 is 9.59 Å². The maximum atomic E-state index is 13.7. The van der Waals surface area contributed by atoms with E-state index >= 15 is 0 Å². The molecule has 192 valence electrons. The van der Waals surface area contributed by atoms with Gasteiger partial charge in [-0.1, -0.05) is 36.8 Å². The van der Waals surface area contributed by atoms with Gasteiger partial charge in [-0.25, -0.2) is 4.79 Å². The molecule has 7 heteroatoms. The van der Waals surface area contributed by atoms with Crippen LogP contribution in [0.2, 0.25) is 0 Å². The second-order valence-electron chi connectivity index (χ2n) is 11.3. The van der Waals surface area contributed by atoms with Crippen LogP contribution in [0.5, 0.6) is 0 Å². The van der Waals surface area contributed by atoms with E-state index in [9.17, 15) is 9.59 Å². The summed E-state index contributed by atoms with van der Waals surface area (Å²) in [6.07, 6.45) is 9.23. The Kier molecular flexibility index (Phi) is 6.77. The molecule has 3 aliphatic rings. The molecule has 7 nitrogen and oxygen atoms in total. The van der Waals surface area contributed by atoms with Gasteiger partial charge >= 0.3 is 6.03 Å². The lowest BCUT2D eigenvalue weighted by Crippen LogP contribution is -2.56. The predicted octanol–water partition coefficient (Wildman–Crippen LogP) is 4.64. The molecular weight excluding hydrogens is 450 g/mol. The highest BCUT2D eigenvalue weighted by atomic mass is 16.2. The Balaban J connectivity index is 1.34. The molecule has 1 spiro atoms. The molecule has 1 aromatic carbocycles. The summed E-state index contributed by atoms with van der Waals surface area (Å²) < 4.78 is 0. The molecule has 2 heterocycles. The zero-order valence-electron chi connectivity index (χ0n) is 21.9. The summed E-state index contributed by atoms with van der Waals surface area (Å²) in [7, 11) is 4.35. The van der Waals surface area contributed by atoms with Gasteiger partial charge in [0.1, 0.15) is 6.54 Å². The van der Waals surface area contributed by atoms with Crippen molar-refractivity contribution in [3.05, 3.63) is 59.9 Å². The normalized spacial score (nSPS) is 26.5. The summed E-state index contributed by atoms with van der Waals surface area (Å²) in [5, 5.41) is 2.95. The largest absolute Gasteiger partial charge is 0.324 e. The first kappa shape index (κ1) is 24.8. The van der Waals surface area contributed by atoms with Gasteiger partial charge in [0.25, 0.3) is 0 Å². The lowest BCUT2D eigenvalue weighted by atomic mass is 9.68. The lowest BCUT2D eigenvalue weighted by Gasteiger charge is -2.51. The third-order valence-electron chi connectivity index (χ3n) is 8.91. The van der Waals surface area contributed by atoms with E-state index in [2.05, 4.69) is 64.5 Å². The van der Waals surface area contributed by atoms with Gasteiger partial charge in [0.2, 0.25) is 5.91 Å².